The molecule has 0 saturated carbocycles. The fraction of sp³-hybridized carbons (Fsp3) is 0.846. The van der Waals surface area contributed by atoms with E-state index in [2.05, 4.69) is 4.74 Å². The zero-order chi connectivity index (χ0) is 16.4. The number of amides is 1. The van der Waals surface area contributed by atoms with Crippen molar-refractivity contribution in [3.05, 3.63) is 0 Å². The Morgan fingerprint density at radius 3 is 2.43 bits per heavy atom. The number of alkyl halides is 2. The summed E-state index contributed by atoms with van der Waals surface area (Å²) in [5, 5.41) is 9.60. The van der Waals surface area contributed by atoms with Gasteiger partial charge in [0.2, 0.25) is 0 Å². The molecule has 1 N–H and O–H groups in total. The fourth-order valence-electron chi connectivity index (χ4n) is 1.96. The maximum atomic E-state index is 13.8. The molecule has 1 aliphatic heterocycles. The Balaban J connectivity index is 2.89. The SMILES string of the molecule is CCOC(=O)[C@@H]1CN(C(=O)OC(C)(C)C)CC(F)(F)[C@@H]1O. The van der Waals surface area contributed by atoms with Crippen LogP contribution < -0.4 is 0 Å². The van der Waals surface area contributed by atoms with Crippen molar-refractivity contribution in [1.29, 1.82) is 0 Å². The number of aliphatic hydroxyl groups is 1. The van der Waals surface area contributed by atoms with Crippen LogP contribution in [0.15, 0.2) is 0 Å². The molecule has 1 rings (SSSR count). The van der Waals surface area contributed by atoms with Crippen molar-refractivity contribution in [2.75, 3.05) is 19.7 Å². The van der Waals surface area contributed by atoms with Gasteiger partial charge in [0, 0.05) is 6.54 Å². The van der Waals surface area contributed by atoms with Crippen molar-refractivity contribution in [2.45, 2.75) is 45.3 Å². The highest BCUT2D eigenvalue weighted by molar-refractivity contribution is 5.76. The van der Waals surface area contributed by atoms with E-state index in [9.17, 15) is 23.5 Å². The summed E-state index contributed by atoms with van der Waals surface area (Å²) in [6.07, 6.45) is -3.14. The van der Waals surface area contributed by atoms with Gasteiger partial charge in [0.15, 0.2) is 0 Å². The molecular weight excluding hydrogens is 288 g/mol. The number of carbonyl (C=O) groups is 2. The summed E-state index contributed by atoms with van der Waals surface area (Å²) in [6.45, 7) is 4.96. The number of ether oxygens (including phenoxy) is 2. The highest BCUT2D eigenvalue weighted by Gasteiger charge is 2.53. The van der Waals surface area contributed by atoms with Gasteiger partial charge in [-0.3, -0.25) is 4.79 Å². The lowest BCUT2D eigenvalue weighted by molar-refractivity contribution is -0.190. The van der Waals surface area contributed by atoms with Crippen LogP contribution in [-0.4, -0.2) is 59.4 Å². The minimum absolute atomic E-state index is 0.0000618. The van der Waals surface area contributed by atoms with Gasteiger partial charge in [0.25, 0.3) is 5.92 Å². The van der Waals surface area contributed by atoms with E-state index >= 15 is 0 Å². The van der Waals surface area contributed by atoms with Crippen molar-refractivity contribution >= 4 is 12.1 Å². The third-order valence-electron chi connectivity index (χ3n) is 2.87. The summed E-state index contributed by atoms with van der Waals surface area (Å²) in [6, 6.07) is 0. The normalized spacial score (nSPS) is 25.4. The Morgan fingerprint density at radius 2 is 1.95 bits per heavy atom. The average Bonchev–Trinajstić information content (AvgIpc) is 2.30. The van der Waals surface area contributed by atoms with E-state index in [1.165, 1.54) is 6.92 Å². The van der Waals surface area contributed by atoms with Crippen LogP contribution in [0.3, 0.4) is 0 Å². The smallest absolute Gasteiger partial charge is 0.410 e. The summed E-state index contributed by atoms with van der Waals surface area (Å²) >= 11 is 0. The van der Waals surface area contributed by atoms with Gasteiger partial charge >= 0.3 is 12.1 Å². The van der Waals surface area contributed by atoms with Gasteiger partial charge in [-0.1, -0.05) is 0 Å². The zero-order valence-corrected chi connectivity index (χ0v) is 12.6. The molecule has 0 aromatic rings. The van der Waals surface area contributed by atoms with Gasteiger partial charge in [-0.2, -0.15) is 0 Å². The third kappa shape index (κ3) is 4.52. The van der Waals surface area contributed by atoms with Crippen LogP contribution in [0, 0.1) is 5.92 Å². The average molecular weight is 309 g/mol. The molecule has 21 heavy (non-hydrogen) atoms. The minimum Gasteiger partial charge on any atom is -0.466 e. The molecule has 1 fully saturated rings. The number of likely N-dealkylation sites (tertiary alicyclic amines) is 1. The molecule has 0 bridgehead atoms. The monoisotopic (exact) mass is 309 g/mol. The second kappa shape index (κ2) is 6.13. The molecule has 1 amide bonds. The minimum atomic E-state index is -3.60. The number of esters is 1. The molecule has 6 nitrogen and oxygen atoms in total. The quantitative estimate of drug-likeness (QED) is 0.781. The summed E-state index contributed by atoms with van der Waals surface area (Å²) in [7, 11) is 0. The van der Waals surface area contributed by atoms with E-state index in [1.54, 1.807) is 20.8 Å². The van der Waals surface area contributed by atoms with Crippen LogP contribution >= 0.6 is 0 Å². The third-order valence-corrected chi connectivity index (χ3v) is 2.87. The number of hydrogen-bond acceptors (Lipinski definition) is 5. The molecule has 1 aliphatic rings. The van der Waals surface area contributed by atoms with Crippen LogP contribution in [0.5, 0.6) is 0 Å². The highest BCUT2D eigenvalue weighted by Crippen LogP contribution is 2.32. The summed E-state index contributed by atoms with van der Waals surface area (Å²) < 4.78 is 37.2. The van der Waals surface area contributed by atoms with Gasteiger partial charge in [0.1, 0.15) is 17.6 Å². The highest BCUT2D eigenvalue weighted by atomic mass is 19.3. The van der Waals surface area contributed by atoms with Crippen LogP contribution in [0.1, 0.15) is 27.7 Å². The molecule has 2 atom stereocenters. The maximum absolute atomic E-state index is 13.8. The largest absolute Gasteiger partial charge is 0.466 e. The van der Waals surface area contributed by atoms with Gasteiger partial charge in [-0.25, -0.2) is 13.6 Å². The first kappa shape index (κ1) is 17.6. The molecule has 0 aromatic carbocycles. The van der Waals surface area contributed by atoms with Gasteiger partial charge in [-0.15, -0.1) is 0 Å². The molecule has 8 heteroatoms. The molecule has 1 heterocycles. The van der Waals surface area contributed by atoms with Crippen molar-refractivity contribution in [3.63, 3.8) is 0 Å². The lowest BCUT2D eigenvalue weighted by atomic mass is 9.92. The Kier molecular flexibility index (Phi) is 5.14. The van der Waals surface area contributed by atoms with Gasteiger partial charge in [0.05, 0.1) is 13.2 Å². The Hall–Kier alpha value is -1.44. The number of carbonyl (C=O) groups excluding carboxylic acids is 2. The maximum Gasteiger partial charge on any atom is 0.410 e. The number of halogens is 2. The molecule has 0 unspecified atom stereocenters. The van der Waals surface area contributed by atoms with Crippen LogP contribution in [-0.2, 0) is 14.3 Å². The van der Waals surface area contributed by atoms with Crippen molar-refractivity contribution in [2.24, 2.45) is 5.92 Å². The van der Waals surface area contributed by atoms with E-state index < -0.39 is 42.2 Å². The molecule has 0 aromatic heterocycles. The van der Waals surface area contributed by atoms with Gasteiger partial charge in [-0.05, 0) is 27.7 Å². The van der Waals surface area contributed by atoms with E-state index in [0.717, 1.165) is 4.90 Å². The second-order valence-electron chi connectivity index (χ2n) is 5.93. The first-order chi connectivity index (χ1) is 9.48. The van der Waals surface area contributed by atoms with Crippen molar-refractivity contribution < 1.29 is 33.0 Å². The van der Waals surface area contributed by atoms with Crippen LogP contribution in [0.25, 0.3) is 0 Å². The second-order valence-corrected chi connectivity index (χ2v) is 5.93. The summed E-state index contributed by atoms with van der Waals surface area (Å²) in [4.78, 5) is 24.2. The number of piperidine rings is 1. The lowest BCUT2D eigenvalue weighted by Gasteiger charge is -2.40. The van der Waals surface area contributed by atoms with E-state index in [-0.39, 0.29) is 13.2 Å². The van der Waals surface area contributed by atoms with Crippen molar-refractivity contribution in [3.8, 4) is 0 Å². The first-order valence-corrected chi connectivity index (χ1v) is 6.68. The van der Waals surface area contributed by atoms with Crippen LogP contribution in [0.2, 0.25) is 0 Å². The zero-order valence-electron chi connectivity index (χ0n) is 12.6. The Bertz CT molecular complexity index is 408. The summed E-state index contributed by atoms with van der Waals surface area (Å²) in [5.41, 5.74) is -0.845. The molecule has 122 valence electrons. The van der Waals surface area contributed by atoms with E-state index in [0.29, 0.717) is 0 Å². The number of aliphatic hydroxyl groups excluding tert-OH is 1. The Morgan fingerprint density at radius 1 is 1.38 bits per heavy atom. The topological polar surface area (TPSA) is 76.1 Å². The number of rotatable bonds is 2. The predicted molar refractivity (Wildman–Crippen MR) is 68.9 cm³/mol. The standard InChI is InChI=1S/C13H21F2NO5/c1-5-20-10(18)8-6-16(7-13(14,15)9(8)17)11(19)21-12(2,3)4/h8-9,17H,5-7H2,1-4H3/t8-,9-/m1/s1. The molecule has 0 radical (unpaired) electrons. The molecule has 0 aliphatic carbocycles. The van der Waals surface area contributed by atoms with E-state index in [1.807, 2.05) is 0 Å². The lowest BCUT2D eigenvalue weighted by Crippen LogP contribution is -2.60. The molecule has 0 spiro atoms. The first-order valence-electron chi connectivity index (χ1n) is 6.68. The molecule has 1 saturated heterocycles. The fourth-order valence-corrected chi connectivity index (χ4v) is 1.96. The summed E-state index contributed by atoms with van der Waals surface area (Å²) in [5.74, 6) is -6.06. The van der Waals surface area contributed by atoms with Crippen LogP contribution in [0.4, 0.5) is 13.6 Å². The number of hydrogen-bond donors (Lipinski definition) is 1. The van der Waals surface area contributed by atoms with E-state index in [4.69, 9.17) is 4.74 Å². The Labute approximate surface area is 122 Å². The molecular formula is C13H21F2NO5. The van der Waals surface area contributed by atoms with Crippen molar-refractivity contribution in [1.82, 2.24) is 4.90 Å². The number of nitrogens with zero attached hydrogens (tertiary/aromatic N) is 1. The van der Waals surface area contributed by atoms with Gasteiger partial charge < -0.3 is 19.5 Å². The predicted octanol–water partition coefficient (Wildman–Crippen LogP) is 1.41.